The van der Waals surface area contributed by atoms with Crippen LogP contribution in [0.3, 0.4) is 0 Å². The number of hydrogen-bond donors (Lipinski definition) is 1. The van der Waals surface area contributed by atoms with Crippen molar-refractivity contribution < 1.29 is 4.74 Å². The van der Waals surface area contributed by atoms with Gasteiger partial charge in [-0.25, -0.2) is 0 Å². The van der Waals surface area contributed by atoms with Crippen LogP contribution in [-0.4, -0.2) is 25.3 Å². The molecule has 0 rings (SSSR count). The molecule has 0 saturated heterocycles. The van der Waals surface area contributed by atoms with Crippen LogP contribution in [0.4, 0.5) is 0 Å². The molecule has 0 aromatic carbocycles. The zero-order valence-electron chi connectivity index (χ0n) is 8.18. The molecule has 0 aromatic rings. The second-order valence-electron chi connectivity index (χ2n) is 3.04. The Morgan fingerprint density at radius 2 is 1.91 bits per heavy atom. The number of nitrogens with one attached hydrogen (secondary N) is 1. The Hall–Kier alpha value is -0.0800. The van der Waals surface area contributed by atoms with Crippen LogP contribution in [0, 0.1) is 0 Å². The summed E-state index contributed by atoms with van der Waals surface area (Å²) in [4.78, 5) is 0. The predicted molar refractivity (Wildman–Crippen MR) is 48.8 cm³/mol. The SMILES string of the molecule is CCNC(CC)COC(C)C. The highest BCUT2D eigenvalue weighted by molar-refractivity contribution is 4.62. The van der Waals surface area contributed by atoms with Gasteiger partial charge in [-0.05, 0) is 26.8 Å². The lowest BCUT2D eigenvalue weighted by Crippen LogP contribution is -2.33. The van der Waals surface area contributed by atoms with Crippen molar-refractivity contribution in [1.29, 1.82) is 0 Å². The first-order valence-corrected chi connectivity index (χ1v) is 4.55. The summed E-state index contributed by atoms with van der Waals surface area (Å²) < 4.78 is 5.48. The fraction of sp³-hybridized carbons (Fsp3) is 1.00. The molecule has 0 heterocycles. The van der Waals surface area contributed by atoms with Crippen molar-refractivity contribution >= 4 is 0 Å². The van der Waals surface area contributed by atoms with E-state index in [2.05, 4.69) is 33.0 Å². The molecule has 68 valence electrons. The fourth-order valence-corrected chi connectivity index (χ4v) is 0.918. The first kappa shape index (κ1) is 10.9. The summed E-state index contributed by atoms with van der Waals surface area (Å²) in [6.45, 7) is 10.3. The van der Waals surface area contributed by atoms with Gasteiger partial charge in [0, 0.05) is 6.04 Å². The van der Waals surface area contributed by atoms with Gasteiger partial charge in [0.05, 0.1) is 12.7 Å². The van der Waals surface area contributed by atoms with E-state index in [0.29, 0.717) is 12.1 Å². The standard InChI is InChI=1S/C9H21NO/c1-5-9(10-6-2)7-11-8(3)4/h8-10H,5-7H2,1-4H3. The minimum atomic E-state index is 0.350. The molecule has 0 radical (unpaired) electrons. The van der Waals surface area contributed by atoms with E-state index in [1.165, 1.54) is 0 Å². The Morgan fingerprint density at radius 1 is 1.27 bits per heavy atom. The lowest BCUT2D eigenvalue weighted by atomic mass is 10.2. The Labute approximate surface area is 70.3 Å². The van der Waals surface area contributed by atoms with Gasteiger partial charge in [0.2, 0.25) is 0 Å². The quantitative estimate of drug-likeness (QED) is 0.638. The molecule has 0 fully saturated rings. The van der Waals surface area contributed by atoms with Gasteiger partial charge < -0.3 is 10.1 Å². The van der Waals surface area contributed by atoms with Gasteiger partial charge in [-0.1, -0.05) is 13.8 Å². The van der Waals surface area contributed by atoms with Gasteiger partial charge in [-0.3, -0.25) is 0 Å². The zero-order valence-corrected chi connectivity index (χ0v) is 8.18. The summed E-state index contributed by atoms with van der Waals surface area (Å²) in [6.07, 6.45) is 1.49. The summed E-state index contributed by atoms with van der Waals surface area (Å²) in [5.74, 6) is 0. The Balaban J connectivity index is 3.35. The van der Waals surface area contributed by atoms with Crippen molar-refractivity contribution in [1.82, 2.24) is 5.32 Å². The van der Waals surface area contributed by atoms with E-state index in [1.807, 2.05) is 0 Å². The van der Waals surface area contributed by atoms with Gasteiger partial charge in [0.15, 0.2) is 0 Å². The predicted octanol–water partition coefficient (Wildman–Crippen LogP) is 1.80. The van der Waals surface area contributed by atoms with Crippen LogP contribution in [0.15, 0.2) is 0 Å². The topological polar surface area (TPSA) is 21.3 Å². The second kappa shape index (κ2) is 6.62. The highest BCUT2D eigenvalue weighted by Crippen LogP contribution is 1.95. The summed E-state index contributed by atoms with van der Waals surface area (Å²) in [6, 6.07) is 0.530. The zero-order chi connectivity index (χ0) is 8.69. The summed E-state index contributed by atoms with van der Waals surface area (Å²) in [5.41, 5.74) is 0. The van der Waals surface area contributed by atoms with Crippen molar-refractivity contribution in [3.63, 3.8) is 0 Å². The van der Waals surface area contributed by atoms with E-state index in [0.717, 1.165) is 19.6 Å². The Bertz CT molecular complexity index is 83.6. The van der Waals surface area contributed by atoms with E-state index in [-0.39, 0.29) is 0 Å². The highest BCUT2D eigenvalue weighted by atomic mass is 16.5. The van der Waals surface area contributed by atoms with Crippen LogP contribution in [0.5, 0.6) is 0 Å². The van der Waals surface area contributed by atoms with Crippen LogP contribution in [-0.2, 0) is 4.74 Å². The van der Waals surface area contributed by atoms with Gasteiger partial charge in [-0.2, -0.15) is 0 Å². The molecule has 1 atom stereocenters. The Kier molecular flexibility index (Phi) is 6.57. The normalized spacial score (nSPS) is 13.9. The molecular formula is C9H21NO. The maximum absolute atomic E-state index is 5.48. The molecule has 0 aliphatic rings. The van der Waals surface area contributed by atoms with Crippen LogP contribution < -0.4 is 5.32 Å². The molecule has 2 heteroatoms. The van der Waals surface area contributed by atoms with Gasteiger partial charge in [0.25, 0.3) is 0 Å². The highest BCUT2D eigenvalue weighted by Gasteiger charge is 2.04. The van der Waals surface area contributed by atoms with Crippen molar-refractivity contribution in [2.24, 2.45) is 0 Å². The largest absolute Gasteiger partial charge is 0.377 e. The molecule has 1 N–H and O–H groups in total. The van der Waals surface area contributed by atoms with E-state index in [9.17, 15) is 0 Å². The lowest BCUT2D eigenvalue weighted by molar-refractivity contribution is 0.0608. The molecule has 0 bridgehead atoms. The lowest BCUT2D eigenvalue weighted by Gasteiger charge is -2.17. The van der Waals surface area contributed by atoms with Crippen LogP contribution in [0.1, 0.15) is 34.1 Å². The summed E-state index contributed by atoms with van der Waals surface area (Å²) >= 11 is 0. The van der Waals surface area contributed by atoms with E-state index in [1.54, 1.807) is 0 Å². The van der Waals surface area contributed by atoms with E-state index < -0.39 is 0 Å². The smallest absolute Gasteiger partial charge is 0.0622 e. The van der Waals surface area contributed by atoms with Crippen molar-refractivity contribution in [2.75, 3.05) is 13.2 Å². The first-order chi connectivity index (χ1) is 5.20. The third kappa shape index (κ3) is 6.32. The van der Waals surface area contributed by atoms with Gasteiger partial charge in [0.1, 0.15) is 0 Å². The molecule has 11 heavy (non-hydrogen) atoms. The van der Waals surface area contributed by atoms with Crippen molar-refractivity contribution in [3.05, 3.63) is 0 Å². The van der Waals surface area contributed by atoms with E-state index >= 15 is 0 Å². The van der Waals surface area contributed by atoms with Crippen molar-refractivity contribution in [3.8, 4) is 0 Å². The minimum absolute atomic E-state index is 0.350. The third-order valence-electron chi connectivity index (χ3n) is 1.62. The van der Waals surface area contributed by atoms with Gasteiger partial charge in [-0.15, -0.1) is 0 Å². The van der Waals surface area contributed by atoms with Crippen LogP contribution in [0.2, 0.25) is 0 Å². The average molecular weight is 159 g/mol. The molecule has 0 saturated carbocycles. The number of rotatable bonds is 6. The monoisotopic (exact) mass is 159 g/mol. The number of ether oxygens (including phenoxy) is 1. The molecule has 0 aromatic heterocycles. The maximum atomic E-state index is 5.48. The molecule has 1 unspecified atom stereocenters. The second-order valence-corrected chi connectivity index (χ2v) is 3.04. The maximum Gasteiger partial charge on any atom is 0.0622 e. The fourth-order valence-electron chi connectivity index (χ4n) is 0.918. The van der Waals surface area contributed by atoms with Crippen molar-refractivity contribution in [2.45, 2.75) is 46.3 Å². The number of hydrogen-bond acceptors (Lipinski definition) is 2. The number of likely N-dealkylation sites (N-methyl/N-ethyl adjacent to an activating group) is 1. The first-order valence-electron chi connectivity index (χ1n) is 4.55. The average Bonchev–Trinajstić information content (AvgIpc) is 1.97. The van der Waals surface area contributed by atoms with Crippen LogP contribution >= 0.6 is 0 Å². The summed E-state index contributed by atoms with van der Waals surface area (Å²) in [7, 11) is 0. The Morgan fingerprint density at radius 3 is 2.27 bits per heavy atom. The third-order valence-corrected chi connectivity index (χ3v) is 1.62. The summed E-state index contributed by atoms with van der Waals surface area (Å²) in [5, 5.41) is 3.36. The van der Waals surface area contributed by atoms with E-state index in [4.69, 9.17) is 4.74 Å². The molecule has 0 spiro atoms. The molecule has 0 amide bonds. The van der Waals surface area contributed by atoms with Gasteiger partial charge >= 0.3 is 0 Å². The van der Waals surface area contributed by atoms with Crippen LogP contribution in [0.25, 0.3) is 0 Å². The molecule has 0 aliphatic heterocycles. The molecular weight excluding hydrogens is 138 g/mol. The molecule has 2 nitrogen and oxygen atoms in total. The molecule has 0 aliphatic carbocycles. The minimum Gasteiger partial charge on any atom is -0.377 e.